The number of pyridine rings is 1. The van der Waals surface area contributed by atoms with Gasteiger partial charge in [-0.15, -0.1) is 0 Å². The minimum atomic E-state index is 0.927. The predicted octanol–water partition coefficient (Wildman–Crippen LogP) is 3.55. The van der Waals surface area contributed by atoms with Crippen LogP contribution in [0.25, 0.3) is 6.08 Å². The molecule has 2 unspecified atom stereocenters. The van der Waals surface area contributed by atoms with Crippen molar-refractivity contribution in [3.05, 3.63) is 47.8 Å². The Morgan fingerprint density at radius 3 is 3.00 bits per heavy atom. The van der Waals surface area contributed by atoms with Gasteiger partial charge in [0.25, 0.3) is 0 Å². The zero-order valence-electron chi connectivity index (χ0n) is 10.4. The molecule has 1 heterocycles. The molecule has 3 saturated carbocycles. The molecule has 0 spiro atoms. The average molecular weight is 235 g/mol. The lowest BCUT2D eigenvalue weighted by Crippen LogP contribution is -2.18. The summed E-state index contributed by atoms with van der Waals surface area (Å²) in [6.45, 7) is 0. The number of hydrogen-bond donors (Lipinski definition) is 0. The van der Waals surface area contributed by atoms with E-state index in [9.17, 15) is 0 Å². The highest BCUT2D eigenvalue weighted by atomic mass is 14.7. The fourth-order valence-corrected chi connectivity index (χ4v) is 5.26. The summed E-state index contributed by atoms with van der Waals surface area (Å²) >= 11 is 0. The van der Waals surface area contributed by atoms with Gasteiger partial charge in [-0.3, -0.25) is 4.98 Å². The molecular weight excluding hydrogens is 218 g/mol. The highest BCUT2D eigenvalue weighted by molar-refractivity contribution is 5.61. The molecule has 3 fully saturated rings. The van der Waals surface area contributed by atoms with Crippen LogP contribution in [0.5, 0.6) is 0 Å². The molecule has 0 N–H and O–H groups in total. The Morgan fingerprint density at radius 1 is 1.17 bits per heavy atom. The Balaban J connectivity index is 1.49. The summed E-state index contributed by atoms with van der Waals surface area (Å²) in [5.74, 6) is 5.78. The SMILES string of the molecule is C1=CC2C(C1)[C@H]1C[C@@H]2[C@@H]2/C(=C/c3cccnc3)[C@@H]21. The second-order valence-electron chi connectivity index (χ2n) is 6.45. The summed E-state index contributed by atoms with van der Waals surface area (Å²) in [6.07, 6.45) is 14.1. The van der Waals surface area contributed by atoms with Gasteiger partial charge in [0, 0.05) is 12.4 Å². The monoisotopic (exact) mass is 235 g/mol. The van der Waals surface area contributed by atoms with E-state index in [-0.39, 0.29) is 0 Å². The Labute approximate surface area is 108 Å². The molecule has 0 radical (unpaired) electrons. The summed E-state index contributed by atoms with van der Waals surface area (Å²) < 4.78 is 0. The second-order valence-corrected chi connectivity index (χ2v) is 6.45. The number of fused-ring (bicyclic) bond motifs is 8. The first kappa shape index (κ1) is 9.55. The lowest BCUT2D eigenvalue weighted by Gasteiger charge is -2.22. The molecule has 4 aliphatic carbocycles. The van der Waals surface area contributed by atoms with E-state index in [1.165, 1.54) is 18.4 Å². The Bertz CT molecular complexity index is 556. The molecule has 1 heteroatoms. The number of nitrogens with zero attached hydrogens (tertiary/aromatic N) is 1. The van der Waals surface area contributed by atoms with Crippen LogP contribution in [0.15, 0.2) is 42.3 Å². The van der Waals surface area contributed by atoms with Crippen molar-refractivity contribution in [2.45, 2.75) is 12.8 Å². The molecule has 1 aromatic rings. The summed E-state index contributed by atoms with van der Waals surface area (Å²) in [5.41, 5.74) is 3.04. The third-order valence-corrected chi connectivity index (χ3v) is 5.84. The molecule has 0 aliphatic heterocycles. The van der Waals surface area contributed by atoms with Gasteiger partial charge in [0.15, 0.2) is 0 Å². The zero-order chi connectivity index (χ0) is 11.7. The minimum absolute atomic E-state index is 0.927. The van der Waals surface area contributed by atoms with Crippen LogP contribution in [0, 0.1) is 35.5 Å². The Kier molecular flexibility index (Phi) is 1.67. The molecule has 0 saturated heterocycles. The molecule has 4 aliphatic rings. The fraction of sp³-hybridized carbons (Fsp3) is 0.471. The standard InChI is InChI=1S/C17H17N/c1-4-11-12(5-1)14-8-13(11)16-15(17(14)16)7-10-3-2-6-18-9-10/h1-4,6-7,9,11-14,16-17H,5,8H2/b15-7-/t11?,12?,13-,14+,16+,17-/m0/s1. The van der Waals surface area contributed by atoms with Crippen LogP contribution in [0.3, 0.4) is 0 Å². The number of aromatic nitrogens is 1. The lowest BCUT2D eigenvalue weighted by molar-refractivity contribution is 0.272. The number of allylic oxidation sites excluding steroid dienone is 3. The molecule has 0 aromatic carbocycles. The molecular formula is C17H17N. The molecule has 18 heavy (non-hydrogen) atoms. The van der Waals surface area contributed by atoms with Crippen LogP contribution >= 0.6 is 0 Å². The van der Waals surface area contributed by atoms with Crippen molar-refractivity contribution < 1.29 is 0 Å². The molecule has 6 atom stereocenters. The van der Waals surface area contributed by atoms with E-state index in [0.29, 0.717) is 0 Å². The average Bonchev–Trinajstić information content (AvgIpc) is 2.81. The first-order valence-corrected chi connectivity index (χ1v) is 7.21. The van der Waals surface area contributed by atoms with Crippen LogP contribution in [0.4, 0.5) is 0 Å². The van der Waals surface area contributed by atoms with Gasteiger partial charge < -0.3 is 0 Å². The normalized spacial score (nSPS) is 48.6. The quantitative estimate of drug-likeness (QED) is 0.678. The largest absolute Gasteiger partial charge is 0.264 e. The summed E-state index contributed by atoms with van der Waals surface area (Å²) in [5, 5.41) is 0. The highest BCUT2D eigenvalue weighted by Gasteiger charge is 2.67. The molecule has 90 valence electrons. The van der Waals surface area contributed by atoms with Crippen LogP contribution in [0.2, 0.25) is 0 Å². The minimum Gasteiger partial charge on any atom is -0.264 e. The van der Waals surface area contributed by atoms with Crippen molar-refractivity contribution in [2.24, 2.45) is 35.5 Å². The van der Waals surface area contributed by atoms with Crippen LogP contribution < -0.4 is 0 Å². The van der Waals surface area contributed by atoms with Gasteiger partial charge in [-0.2, -0.15) is 0 Å². The first-order valence-electron chi connectivity index (χ1n) is 7.21. The summed E-state index contributed by atoms with van der Waals surface area (Å²) in [4.78, 5) is 4.21. The van der Waals surface area contributed by atoms with Gasteiger partial charge in [-0.05, 0) is 60.0 Å². The van der Waals surface area contributed by atoms with Gasteiger partial charge in [0.05, 0.1) is 0 Å². The Hall–Kier alpha value is -1.37. The van der Waals surface area contributed by atoms with Crippen molar-refractivity contribution in [1.29, 1.82) is 0 Å². The molecule has 5 rings (SSSR count). The summed E-state index contributed by atoms with van der Waals surface area (Å²) in [6, 6.07) is 4.22. The van der Waals surface area contributed by atoms with Gasteiger partial charge in [-0.1, -0.05) is 29.9 Å². The van der Waals surface area contributed by atoms with E-state index in [2.05, 4.69) is 29.3 Å². The fourth-order valence-electron chi connectivity index (χ4n) is 5.26. The smallest absolute Gasteiger partial charge is 0.0340 e. The third-order valence-electron chi connectivity index (χ3n) is 5.84. The topological polar surface area (TPSA) is 12.9 Å². The van der Waals surface area contributed by atoms with E-state index in [4.69, 9.17) is 0 Å². The van der Waals surface area contributed by atoms with Crippen LogP contribution in [-0.4, -0.2) is 4.98 Å². The van der Waals surface area contributed by atoms with Crippen molar-refractivity contribution in [2.75, 3.05) is 0 Å². The van der Waals surface area contributed by atoms with Gasteiger partial charge >= 0.3 is 0 Å². The van der Waals surface area contributed by atoms with Crippen molar-refractivity contribution in [3.8, 4) is 0 Å². The van der Waals surface area contributed by atoms with Crippen LogP contribution in [0.1, 0.15) is 18.4 Å². The summed E-state index contributed by atoms with van der Waals surface area (Å²) in [7, 11) is 0. The Morgan fingerprint density at radius 2 is 2.11 bits per heavy atom. The van der Waals surface area contributed by atoms with Crippen LogP contribution in [-0.2, 0) is 0 Å². The molecule has 1 aromatic heterocycles. The third kappa shape index (κ3) is 1.06. The molecule has 0 amide bonds. The van der Waals surface area contributed by atoms with Crippen molar-refractivity contribution >= 4 is 6.08 Å². The van der Waals surface area contributed by atoms with Gasteiger partial charge in [0.1, 0.15) is 0 Å². The van der Waals surface area contributed by atoms with E-state index < -0.39 is 0 Å². The second kappa shape index (κ2) is 3.14. The number of hydrogen-bond acceptors (Lipinski definition) is 1. The van der Waals surface area contributed by atoms with Gasteiger partial charge in [-0.25, -0.2) is 0 Å². The highest BCUT2D eigenvalue weighted by Crippen LogP contribution is 2.74. The van der Waals surface area contributed by atoms with E-state index in [1.54, 1.807) is 5.57 Å². The van der Waals surface area contributed by atoms with Crippen molar-refractivity contribution in [3.63, 3.8) is 0 Å². The van der Waals surface area contributed by atoms with E-state index in [0.717, 1.165) is 35.5 Å². The molecule has 1 nitrogen and oxygen atoms in total. The maximum Gasteiger partial charge on any atom is 0.0340 e. The maximum absolute atomic E-state index is 4.21. The van der Waals surface area contributed by atoms with E-state index >= 15 is 0 Å². The number of rotatable bonds is 1. The lowest BCUT2D eigenvalue weighted by atomic mass is 9.82. The van der Waals surface area contributed by atoms with E-state index in [1.807, 2.05) is 18.5 Å². The maximum atomic E-state index is 4.21. The van der Waals surface area contributed by atoms with Crippen molar-refractivity contribution in [1.82, 2.24) is 4.98 Å². The zero-order valence-corrected chi connectivity index (χ0v) is 10.4. The van der Waals surface area contributed by atoms with Gasteiger partial charge in [0.2, 0.25) is 0 Å². The first-order chi connectivity index (χ1) is 8.93. The molecule has 2 bridgehead atoms. The predicted molar refractivity (Wildman–Crippen MR) is 71.5 cm³/mol.